The van der Waals surface area contributed by atoms with E-state index < -0.39 is 128 Å². The number of halogens is 2. The maximum atomic E-state index is 10.7. The Morgan fingerprint density at radius 2 is 0.842 bits per heavy atom. The first-order valence-electron chi connectivity index (χ1n) is 22.4. The Balaban J connectivity index is 0.000000249. The Labute approximate surface area is 439 Å². The van der Waals surface area contributed by atoms with Gasteiger partial charge in [-0.15, -0.1) is 0 Å². The Morgan fingerprint density at radius 1 is 0.434 bits per heavy atom. The van der Waals surface area contributed by atoms with E-state index in [2.05, 4.69) is 0 Å². The molecule has 3 aliphatic heterocycles. The second-order valence-electron chi connectivity index (χ2n) is 17.5. The van der Waals surface area contributed by atoms with Gasteiger partial charge in [-0.3, -0.25) is 0 Å². The molecule has 2 aromatic heterocycles. The number of aromatic hydroxyl groups is 8. The first-order chi connectivity index (χ1) is 35.0. The number of benzene rings is 4. The predicted molar refractivity (Wildman–Crippen MR) is 245 cm³/mol. The van der Waals surface area contributed by atoms with Gasteiger partial charge >= 0.3 is 22.7 Å². The minimum atomic E-state index is -1.82. The van der Waals surface area contributed by atoms with Gasteiger partial charge in [0.1, 0.15) is 101 Å². The van der Waals surface area contributed by atoms with Crippen LogP contribution in [-0.2, 0) is 18.9 Å². The third-order valence-corrected chi connectivity index (χ3v) is 12.3. The van der Waals surface area contributed by atoms with Crippen molar-refractivity contribution >= 4 is 21.9 Å². The van der Waals surface area contributed by atoms with Crippen LogP contribution in [0.5, 0.6) is 57.5 Å². The molecule has 76 heavy (non-hydrogen) atoms. The van der Waals surface area contributed by atoms with Gasteiger partial charge in [-0.1, -0.05) is 0 Å². The summed E-state index contributed by atoms with van der Waals surface area (Å²) in [6, 6.07) is 14.6. The smallest absolute Gasteiger partial charge is 0.402 e. The van der Waals surface area contributed by atoms with E-state index in [0.717, 1.165) is 18.2 Å². The zero-order chi connectivity index (χ0) is 53.6. The summed E-state index contributed by atoms with van der Waals surface area (Å²) in [6.45, 7) is 0.264. The number of hydrogen-bond donors (Lipinski definition) is 18. The lowest BCUT2D eigenvalue weighted by molar-refractivity contribution is -0.318. The van der Waals surface area contributed by atoms with Crippen molar-refractivity contribution in [2.45, 2.75) is 99.0 Å². The van der Waals surface area contributed by atoms with Crippen LogP contribution in [0.3, 0.4) is 0 Å². The van der Waals surface area contributed by atoms with Crippen molar-refractivity contribution in [2.24, 2.45) is 0 Å². The van der Waals surface area contributed by atoms with E-state index in [-0.39, 0.29) is 104 Å². The lowest BCUT2D eigenvalue weighted by atomic mass is 9.98. The van der Waals surface area contributed by atoms with E-state index in [9.17, 15) is 91.9 Å². The highest BCUT2D eigenvalue weighted by Crippen LogP contribution is 2.44. The van der Waals surface area contributed by atoms with Gasteiger partial charge in [0.05, 0.1) is 42.6 Å². The third-order valence-electron chi connectivity index (χ3n) is 12.3. The first-order valence-corrected chi connectivity index (χ1v) is 22.4. The van der Waals surface area contributed by atoms with Crippen molar-refractivity contribution in [2.75, 3.05) is 13.2 Å². The molecule has 18 N–H and O–H groups in total. The van der Waals surface area contributed by atoms with Crippen LogP contribution in [0, 0.1) is 0 Å². The second kappa shape index (κ2) is 23.9. The molecule has 6 aromatic rings. The molecule has 5 heterocycles. The molecule has 0 radical (unpaired) electrons. The SMILES string of the molecule is C[C@@H]1O[C@@H](OC[C@H]2O[C@@H](Oc3cc4c(O)cc(O)cc4[o+]c3-c3ccc(O)c(O)c3)[C@H](O)[C@@H](O)[C@@H]2O)[C@H](O)[C@H](O)[C@H]1O.OC[C@H]1O[C@@H](Oc2cc3c(O)cc(O)cc3[o+]c2-c2ccc(O)c(O)c2)[C@H](O)[C@@H](O)[C@@H]1O.[Cl-].[Cl-]. The fraction of sp³-hybridized carbons (Fsp3) is 0.375. The quantitative estimate of drug-likeness (QED) is 0.0448. The fourth-order valence-corrected chi connectivity index (χ4v) is 8.18. The van der Waals surface area contributed by atoms with Gasteiger partial charge in [-0.2, -0.15) is 0 Å². The molecule has 15 atom stereocenters. The van der Waals surface area contributed by atoms with E-state index in [0.29, 0.717) is 0 Å². The molecular weight excluding hydrogens is 1060 g/mol. The molecule has 414 valence electrons. The Morgan fingerprint density at radius 3 is 1.28 bits per heavy atom. The minimum Gasteiger partial charge on any atom is -1.00 e. The summed E-state index contributed by atoms with van der Waals surface area (Å²) in [5, 5.41) is 181. The van der Waals surface area contributed by atoms with Crippen LogP contribution in [0.2, 0.25) is 0 Å². The molecule has 0 aliphatic carbocycles. The predicted octanol–water partition coefficient (Wildman–Crippen LogP) is -6.38. The first kappa shape index (κ1) is 59.0. The fourth-order valence-electron chi connectivity index (χ4n) is 8.18. The van der Waals surface area contributed by atoms with Gasteiger partial charge in [-0.25, -0.2) is 8.83 Å². The Kier molecular flexibility index (Phi) is 18.6. The summed E-state index contributed by atoms with van der Waals surface area (Å²) in [6.07, 6.45) is -23.1. The van der Waals surface area contributed by atoms with E-state index in [1.807, 2.05) is 0 Å². The molecule has 4 aromatic carbocycles. The summed E-state index contributed by atoms with van der Waals surface area (Å²) in [7, 11) is 0. The molecule has 9 rings (SSSR count). The van der Waals surface area contributed by atoms with Crippen LogP contribution in [0.25, 0.3) is 44.6 Å². The maximum Gasteiger partial charge on any atom is 0.402 e. The van der Waals surface area contributed by atoms with Gasteiger partial charge in [0.25, 0.3) is 0 Å². The summed E-state index contributed by atoms with van der Waals surface area (Å²) in [5.41, 5.74) is 0.423. The molecule has 0 spiro atoms. The van der Waals surface area contributed by atoms with Gasteiger partial charge in [0.2, 0.25) is 24.1 Å². The maximum absolute atomic E-state index is 10.7. The molecular formula is C48H52Cl2O26. The van der Waals surface area contributed by atoms with E-state index in [4.69, 9.17) is 37.3 Å². The van der Waals surface area contributed by atoms with Crippen molar-refractivity contribution in [1.29, 1.82) is 0 Å². The molecule has 28 heteroatoms. The highest BCUT2D eigenvalue weighted by molar-refractivity contribution is 5.89. The normalized spacial score (nSPS) is 29.3. The van der Waals surface area contributed by atoms with E-state index >= 15 is 0 Å². The lowest BCUT2D eigenvalue weighted by Crippen LogP contribution is -3.00. The molecule has 0 amide bonds. The average Bonchev–Trinajstić information content (AvgIpc) is 3.36. The van der Waals surface area contributed by atoms with E-state index in [1.54, 1.807) is 0 Å². The van der Waals surface area contributed by atoms with Crippen molar-refractivity contribution < 1.29 is 154 Å². The number of hydrogen-bond acceptors (Lipinski definition) is 24. The molecule has 26 nitrogen and oxygen atoms in total. The molecule has 0 unspecified atom stereocenters. The summed E-state index contributed by atoms with van der Waals surface area (Å²) in [5.74, 6) is -3.56. The molecule has 0 saturated carbocycles. The highest BCUT2D eigenvalue weighted by Gasteiger charge is 2.49. The summed E-state index contributed by atoms with van der Waals surface area (Å²) in [4.78, 5) is 0. The summed E-state index contributed by atoms with van der Waals surface area (Å²) >= 11 is 0. The summed E-state index contributed by atoms with van der Waals surface area (Å²) < 4.78 is 45.1. The molecule has 3 fully saturated rings. The Hall–Kier alpha value is -6.28. The number of fused-ring (bicyclic) bond motifs is 2. The van der Waals surface area contributed by atoms with Gasteiger partial charge in [-0.05, 0) is 31.2 Å². The average molecular weight is 1120 g/mol. The minimum absolute atomic E-state index is 0. The second-order valence-corrected chi connectivity index (χ2v) is 17.5. The zero-order valence-corrected chi connectivity index (χ0v) is 40.6. The van der Waals surface area contributed by atoms with Crippen LogP contribution in [-0.4, -0.2) is 197 Å². The van der Waals surface area contributed by atoms with Crippen molar-refractivity contribution in [3.05, 3.63) is 72.8 Å². The number of phenolic OH excluding ortho intramolecular Hbond substituents is 8. The zero-order valence-electron chi connectivity index (χ0n) is 39.1. The van der Waals surface area contributed by atoms with Gasteiger partial charge in [0.15, 0.2) is 29.3 Å². The van der Waals surface area contributed by atoms with Crippen LogP contribution in [0.15, 0.2) is 81.6 Å². The third kappa shape index (κ3) is 12.0. The van der Waals surface area contributed by atoms with Crippen LogP contribution in [0.4, 0.5) is 0 Å². The lowest BCUT2D eigenvalue weighted by Gasteiger charge is -2.42. The van der Waals surface area contributed by atoms with Crippen molar-refractivity contribution in [3.63, 3.8) is 0 Å². The number of phenols is 8. The standard InChI is InChI=1S/C27H30O15.C21H20O11.2ClH/c1-9-19(32)21(34)23(36)26(39-9)38-8-18-20(33)22(35)24(37)27(42-18)41-17-7-12-14(30)5-11(28)6-16(12)40-25(17)10-2-3-13(29)15(31)4-10;22-7-16-17(27)18(28)19(29)21(32-16)31-15-6-10-12(25)4-9(23)5-14(10)30-20(15)8-1-2-11(24)13(26)3-8;;/h2-7,9,18-24,26-27,32-37H,8H2,1H3,(H3-,28,29,30,31);1-6,16-19,21-22,27-29H,7H2,(H3-,23,24,25,26);2*1H/t9-,18+,19-,20+,21+,22-,23+,24+,26+,27+;16-,17-,18+,19-,21-;;/m01../s1. The Bertz CT molecular complexity index is 2990. The number of ether oxygens (including phenoxy) is 6. The number of aliphatic hydroxyl groups excluding tert-OH is 10. The van der Waals surface area contributed by atoms with Gasteiger partial charge in [0, 0.05) is 36.4 Å². The van der Waals surface area contributed by atoms with Crippen molar-refractivity contribution in [1.82, 2.24) is 0 Å². The molecule has 3 saturated heterocycles. The monoisotopic (exact) mass is 1110 g/mol. The van der Waals surface area contributed by atoms with Crippen LogP contribution in [0.1, 0.15) is 6.92 Å². The van der Waals surface area contributed by atoms with Gasteiger partial charge < -0.3 is 145 Å². The number of rotatable bonds is 10. The van der Waals surface area contributed by atoms with Crippen LogP contribution >= 0.6 is 0 Å². The van der Waals surface area contributed by atoms with E-state index in [1.165, 1.54) is 61.5 Å². The molecule has 0 bridgehead atoms. The largest absolute Gasteiger partial charge is 1.00 e. The number of aliphatic hydroxyl groups is 10. The topological polar surface area (TPSA) is 442 Å². The highest BCUT2D eigenvalue weighted by atomic mass is 35.5. The van der Waals surface area contributed by atoms with Crippen LogP contribution < -0.4 is 34.3 Å². The van der Waals surface area contributed by atoms with Crippen molar-refractivity contribution in [3.8, 4) is 80.1 Å². The molecule has 3 aliphatic rings.